The molecule has 0 saturated heterocycles. The molecular formula is C7H9NO. The van der Waals surface area contributed by atoms with E-state index in [0.717, 1.165) is 25.1 Å². The molecule has 1 rings (SSSR count). The van der Waals surface area contributed by atoms with E-state index in [4.69, 9.17) is 11.3 Å². The summed E-state index contributed by atoms with van der Waals surface area (Å²) >= 11 is 0. The fourth-order valence-corrected chi connectivity index (χ4v) is 0.791. The minimum absolute atomic E-state index is 0.716. The molecule has 0 aromatic rings. The normalized spacial score (nSPS) is 19.7. The van der Waals surface area contributed by atoms with Gasteiger partial charge in [0.15, 0.2) is 5.70 Å². The molecule has 0 aromatic carbocycles. The largest absolute Gasteiger partial charge is 0.382 e. The number of nitrogens with zero attached hydrogens (tertiary/aromatic N) is 1. The lowest BCUT2D eigenvalue weighted by molar-refractivity contribution is 0.147. The highest BCUT2D eigenvalue weighted by molar-refractivity contribution is 5.10. The van der Waals surface area contributed by atoms with E-state index in [1.54, 1.807) is 0 Å². The van der Waals surface area contributed by atoms with Gasteiger partial charge in [-0.3, -0.25) is 0 Å². The molecule has 1 aliphatic rings. The van der Waals surface area contributed by atoms with E-state index in [9.17, 15) is 0 Å². The summed E-state index contributed by atoms with van der Waals surface area (Å²) in [5.74, 6) is 0. The lowest BCUT2D eigenvalue weighted by Crippen LogP contribution is -1.90. The first-order valence-corrected chi connectivity index (χ1v) is 3.08. The summed E-state index contributed by atoms with van der Waals surface area (Å²) in [7, 11) is 0. The van der Waals surface area contributed by atoms with Crippen LogP contribution in [0, 0.1) is 6.57 Å². The first-order valence-electron chi connectivity index (χ1n) is 3.08. The Kier molecular flexibility index (Phi) is 2.29. The van der Waals surface area contributed by atoms with Gasteiger partial charge in [-0.15, -0.1) is 0 Å². The van der Waals surface area contributed by atoms with Crippen LogP contribution < -0.4 is 0 Å². The average Bonchev–Trinajstić information content (AvgIpc) is 2.13. The minimum atomic E-state index is 0.716. The Balaban J connectivity index is 2.49. The van der Waals surface area contributed by atoms with Gasteiger partial charge >= 0.3 is 0 Å². The van der Waals surface area contributed by atoms with E-state index >= 15 is 0 Å². The van der Waals surface area contributed by atoms with E-state index < -0.39 is 0 Å². The molecule has 2 heteroatoms. The predicted molar refractivity (Wildman–Crippen MR) is 34.7 cm³/mol. The molecule has 2 nitrogen and oxygen atoms in total. The Hall–Kier alpha value is -0.810. The van der Waals surface area contributed by atoms with Crippen molar-refractivity contribution in [2.45, 2.75) is 12.8 Å². The van der Waals surface area contributed by atoms with Crippen LogP contribution in [0.4, 0.5) is 0 Å². The summed E-state index contributed by atoms with van der Waals surface area (Å²) in [6.07, 6.45) is 3.65. The summed E-state index contributed by atoms with van der Waals surface area (Å²) in [5.41, 5.74) is 0.854. The highest BCUT2D eigenvalue weighted by Crippen LogP contribution is 2.08. The van der Waals surface area contributed by atoms with Gasteiger partial charge in [0.25, 0.3) is 0 Å². The Bertz CT molecular complexity index is 155. The van der Waals surface area contributed by atoms with Crippen LogP contribution in [0.25, 0.3) is 4.85 Å². The summed E-state index contributed by atoms with van der Waals surface area (Å²) < 4.78 is 5.13. The zero-order valence-corrected chi connectivity index (χ0v) is 5.26. The van der Waals surface area contributed by atoms with E-state index in [-0.39, 0.29) is 0 Å². The number of rotatable bonds is 0. The van der Waals surface area contributed by atoms with E-state index in [0.29, 0.717) is 6.61 Å². The summed E-state index contributed by atoms with van der Waals surface area (Å²) in [5, 5.41) is 0. The van der Waals surface area contributed by atoms with Gasteiger partial charge in [-0.2, -0.15) is 0 Å². The van der Waals surface area contributed by atoms with Crippen molar-refractivity contribution in [3.63, 3.8) is 0 Å². The molecule has 0 N–H and O–H groups in total. The Labute approximate surface area is 54.9 Å². The highest BCUT2D eigenvalue weighted by Gasteiger charge is 1.99. The van der Waals surface area contributed by atoms with Gasteiger partial charge in [-0.25, -0.2) is 4.85 Å². The SMILES string of the molecule is [C-]#[N+]C1=CCCOCC1. The van der Waals surface area contributed by atoms with Gasteiger partial charge in [0.1, 0.15) is 0 Å². The van der Waals surface area contributed by atoms with Crippen molar-refractivity contribution in [1.82, 2.24) is 0 Å². The maximum atomic E-state index is 6.70. The second kappa shape index (κ2) is 3.26. The molecule has 0 atom stereocenters. The van der Waals surface area contributed by atoms with Gasteiger partial charge < -0.3 is 4.74 Å². The molecule has 0 unspecified atom stereocenters. The Morgan fingerprint density at radius 1 is 1.56 bits per heavy atom. The van der Waals surface area contributed by atoms with Gasteiger partial charge in [0.2, 0.25) is 0 Å². The maximum Gasteiger partial charge on any atom is 0.164 e. The second-order valence-electron chi connectivity index (χ2n) is 1.96. The highest BCUT2D eigenvalue weighted by atomic mass is 16.5. The van der Waals surface area contributed by atoms with Crippen LogP contribution >= 0.6 is 0 Å². The van der Waals surface area contributed by atoms with Crippen molar-refractivity contribution < 1.29 is 4.74 Å². The fourth-order valence-electron chi connectivity index (χ4n) is 0.791. The zero-order valence-electron chi connectivity index (χ0n) is 5.26. The van der Waals surface area contributed by atoms with Crippen LogP contribution in [0.2, 0.25) is 0 Å². The molecule has 0 saturated carbocycles. The first kappa shape index (κ1) is 6.31. The molecule has 0 fully saturated rings. The molecule has 0 aliphatic carbocycles. The average molecular weight is 123 g/mol. The summed E-state index contributed by atoms with van der Waals surface area (Å²) in [6.45, 7) is 8.19. The topological polar surface area (TPSA) is 13.6 Å². The maximum absolute atomic E-state index is 6.70. The van der Waals surface area contributed by atoms with Crippen molar-refractivity contribution in [3.05, 3.63) is 23.2 Å². The van der Waals surface area contributed by atoms with Crippen molar-refractivity contribution in [1.29, 1.82) is 0 Å². The zero-order chi connectivity index (χ0) is 6.53. The Morgan fingerprint density at radius 2 is 2.44 bits per heavy atom. The van der Waals surface area contributed by atoms with E-state index in [2.05, 4.69) is 4.85 Å². The summed E-state index contributed by atoms with van der Waals surface area (Å²) in [4.78, 5) is 3.34. The standard InChI is InChI=1S/C7H9NO/c1-8-7-3-2-5-9-6-4-7/h3H,2,4-6H2. The summed E-state index contributed by atoms with van der Waals surface area (Å²) in [6, 6.07) is 0. The molecule has 48 valence electrons. The monoisotopic (exact) mass is 123 g/mol. The van der Waals surface area contributed by atoms with Crippen molar-refractivity contribution >= 4 is 0 Å². The second-order valence-corrected chi connectivity index (χ2v) is 1.96. The van der Waals surface area contributed by atoms with Gasteiger partial charge in [0.05, 0.1) is 6.57 Å². The van der Waals surface area contributed by atoms with E-state index in [1.165, 1.54) is 0 Å². The predicted octanol–water partition coefficient (Wildman–Crippen LogP) is 1.60. The van der Waals surface area contributed by atoms with Crippen LogP contribution in [0.3, 0.4) is 0 Å². The lowest BCUT2D eigenvalue weighted by atomic mass is 10.3. The van der Waals surface area contributed by atoms with Crippen LogP contribution in [0.1, 0.15) is 12.8 Å². The first-order chi connectivity index (χ1) is 4.43. The minimum Gasteiger partial charge on any atom is -0.382 e. The van der Waals surface area contributed by atoms with Gasteiger partial charge in [-0.1, -0.05) is 6.08 Å². The number of hydrogen-bond donors (Lipinski definition) is 0. The van der Waals surface area contributed by atoms with Crippen LogP contribution in [0.15, 0.2) is 11.8 Å². The molecule has 0 bridgehead atoms. The van der Waals surface area contributed by atoms with Crippen molar-refractivity contribution in [2.24, 2.45) is 0 Å². The lowest BCUT2D eigenvalue weighted by Gasteiger charge is -1.93. The van der Waals surface area contributed by atoms with E-state index in [1.807, 2.05) is 6.08 Å². The molecular weight excluding hydrogens is 114 g/mol. The molecule has 1 aliphatic heterocycles. The molecule has 0 spiro atoms. The number of hydrogen-bond acceptors (Lipinski definition) is 1. The van der Waals surface area contributed by atoms with Crippen LogP contribution in [0.5, 0.6) is 0 Å². The van der Waals surface area contributed by atoms with Gasteiger partial charge in [-0.05, 0) is 6.42 Å². The smallest absolute Gasteiger partial charge is 0.164 e. The Morgan fingerprint density at radius 3 is 3.22 bits per heavy atom. The fraction of sp³-hybridized carbons (Fsp3) is 0.571. The van der Waals surface area contributed by atoms with Crippen molar-refractivity contribution in [3.8, 4) is 0 Å². The quantitative estimate of drug-likeness (QED) is 0.446. The van der Waals surface area contributed by atoms with Crippen LogP contribution in [-0.4, -0.2) is 13.2 Å². The third kappa shape index (κ3) is 1.87. The molecule has 1 heterocycles. The number of ether oxygens (including phenoxy) is 1. The molecule has 0 radical (unpaired) electrons. The van der Waals surface area contributed by atoms with Crippen molar-refractivity contribution in [2.75, 3.05) is 13.2 Å². The molecule has 0 aromatic heterocycles. The third-order valence-corrected chi connectivity index (χ3v) is 1.29. The third-order valence-electron chi connectivity index (χ3n) is 1.29. The molecule has 0 amide bonds. The molecule has 9 heavy (non-hydrogen) atoms. The van der Waals surface area contributed by atoms with Gasteiger partial charge in [0, 0.05) is 19.6 Å². The van der Waals surface area contributed by atoms with Crippen LogP contribution in [-0.2, 0) is 4.74 Å².